The van der Waals surface area contributed by atoms with Gasteiger partial charge in [0.15, 0.2) is 0 Å². The SMILES string of the molecule is CCCCCCC(=O)N(CCC)CCBr. The standard InChI is InChI=1S/C12H24BrNO/c1-3-5-6-7-8-12(15)14(10-4-2)11-9-13/h3-11H2,1-2H3. The lowest BCUT2D eigenvalue weighted by Gasteiger charge is -2.20. The van der Waals surface area contributed by atoms with Crippen LogP contribution in [0.3, 0.4) is 0 Å². The van der Waals surface area contributed by atoms with E-state index in [4.69, 9.17) is 0 Å². The van der Waals surface area contributed by atoms with Crippen LogP contribution in [0.1, 0.15) is 52.4 Å². The highest BCUT2D eigenvalue weighted by Gasteiger charge is 2.10. The lowest BCUT2D eigenvalue weighted by atomic mass is 10.1. The highest BCUT2D eigenvalue weighted by molar-refractivity contribution is 9.09. The lowest BCUT2D eigenvalue weighted by molar-refractivity contribution is -0.131. The van der Waals surface area contributed by atoms with Crippen molar-refractivity contribution in [3.63, 3.8) is 0 Å². The van der Waals surface area contributed by atoms with E-state index in [1.165, 1.54) is 19.3 Å². The molecule has 2 nitrogen and oxygen atoms in total. The smallest absolute Gasteiger partial charge is 0.222 e. The molecule has 0 aromatic carbocycles. The Kier molecular flexibility index (Phi) is 10.4. The van der Waals surface area contributed by atoms with E-state index in [1.807, 2.05) is 4.90 Å². The number of unbranched alkanes of at least 4 members (excludes halogenated alkanes) is 3. The Labute approximate surface area is 103 Å². The Morgan fingerprint density at radius 1 is 1.07 bits per heavy atom. The summed E-state index contributed by atoms with van der Waals surface area (Å²) in [6, 6.07) is 0. The number of amides is 1. The highest BCUT2D eigenvalue weighted by atomic mass is 79.9. The van der Waals surface area contributed by atoms with Crippen molar-refractivity contribution in [2.45, 2.75) is 52.4 Å². The predicted molar refractivity (Wildman–Crippen MR) is 69.4 cm³/mol. The number of nitrogens with zero attached hydrogens (tertiary/aromatic N) is 1. The van der Waals surface area contributed by atoms with Gasteiger partial charge in [-0.3, -0.25) is 4.79 Å². The molecule has 0 aliphatic carbocycles. The molecule has 3 heteroatoms. The van der Waals surface area contributed by atoms with E-state index in [2.05, 4.69) is 29.8 Å². The van der Waals surface area contributed by atoms with Crippen molar-refractivity contribution >= 4 is 21.8 Å². The molecule has 0 aromatic rings. The lowest BCUT2D eigenvalue weighted by Crippen LogP contribution is -2.33. The molecule has 0 rings (SSSR count). The third kappa shape index (κ3) is 7.83. The normalized spacial score (nSPS) is 10.3. The summed E-state index contributed by atoms with van der Waals surface area (Å²) in [5.41, 5.74) is 0. The molecular formula is C12H24BrNO. The Bertz CT molecular complexity index is 156. The van der Waals surface area contributed by atoms with Gasteiger partial charge in [0.05, 0.1) is 0 Å². The maximum atomic E-state index is 11.8. The fourth-order valence-electron chi connectivity index (χ4n) is 1.59. The van der Waals surface area contributed by atoms with Gasteiger partial charge in [-0.25, -0.2) is 0 Å². The molecule has 15 heavy (non-hydrogen) atoms. The summed E-state index contributed by atoms with van der Waals surface area (Å²) in [6.45, 7) is 6.06. The number of alkyl halides is 1. The Hall–Kier alpha value is -0.0500. The number of hydrogen-bond donors (Lipinski definition) is 0. The van der Waals surface area contributed by atoms with Crippen LogP contribution in [-0.4, -0.2) is 29.2 Å². The van der Waals surface area contributed by atoms with Crippen LogP contribution in [-0.2, 0) is 4.79 Å². The summed E-state index contributed by atoms with van der Waals surface area (Å²) in [4.78, 5) is 13.8. The van der Waals surface area contributed by atoms with Gasteiger partial charge in [-0.2, -0.15) is 0 Å². The second kappa shape index (κ2) is 10.5. The summed E-state index contributed by atoms with van der Waals surface area (Å²) in [7, 11) is 0. The monoisotopic (exact) mass is 277 g/mol. The quantitative estimate of drug-likeness (QED) is 0.466. The van der Waals surface area contributed by atoms with Crippen LogP contribution in [0.2, 0.25) is 0 Å². The van der Waals surface area contributed by atoms with Gasteiger partial charge in [0, 0.05) is 24.8 Å². The average molecular weight is 278 g/mol. The van der Waals surface area contributed by atoms with Crippen LogP contribution in [0.5, 0.6) is 0 Å². The predicted octanol–water partition coefficient (Wildman–Crippen LogP) is 3.59. The first-order valence-corrected chi connectivity index (χ1v) is 7.22. The first-order valence-electron chi connectivity index (χ1n) is 6.10. The first kappa shape index (κ1) is 14.9. The molecule has 0 fully saturated rings. The van der Waals surface area contributed by atoms with Crippen LogP contribution in [0.15, 0.2) is 0 Å². The highest BCUT2D eigenvalue weighted by Crippen LogP contribution is 2.06. The molecule has 0 bridgehead atoms. The van der Waals surface area contributed by atoms with Gasteiger partial charge < -0.3 is 4.90 Å². The Morgan fingerprint density at radius 3 is 2.33 bits per heavy atom. The fraction of sp³-hybridized carbons (Fsp3) is 0.917. The molecule has 0 aliphatic rings. The van der Waals surface area contributed by atoms with E-state index >= 15 is 0 Å². The zero-order valence-electron chi connectivity index (χ0n) is 10.1. The minimum atomic E-state index is 0.326. The largest absolute Gasteiger partial charge is 0.342 e. The van der Waals surface area contributed by atoms with E-state index in [1.54, 1.807) is 0 Å². The van der Waals surface area contributed by atoms with Crippen molar-refractivity contribution in [2.24, 2.45) is 0 Å². The summed E-state index contributed by atoms with van der Waals surface area (Å²) in [5.74, 6) is 0.326. The Balaban J connectivity index is 3.70. The van der Waals surface area contributed by atoms with Crippen molar-refractivity contribution in [2.75, 3.05) is 18.4 Å². The number of rotatable bonds is 9. The summed E-state index contributed by atoms with van der Waals surface area (Å²) in [6.07, 6.45) is 6.50. The number of halogens is 1. The third-order valence-electron chi connectivity index (χ3n) is 2.44. The summed E-state index contributed by atoms with van der Waals surface area (Å²) in [5, 5.41) is 0.883. The number of hydrogen-bond acceptors (Lipinski definition) is 1. The topological polar surface area (TPSA) is 20.3 Å². The molecule has 0 spiro atoms. The maximum Gasteiger partial charge on any atom is 0.222 e. The zero-order valence-corrected chi connectivity index (χ0v) is 11.7. The minimum Gasteiger partial charge on any atom is -0.342 e. The first-order chi connectivity index (χ1) is 7.26. The summed E-state index contributed by atoms with van der Waals surface area (Å²) < 4.78 is 0. The van der Waals surface area contributed by atoms with E-state index < -0.39 is 0 Å². The van der Waals surface area contributed by atoms with E-state index in [-0.39, 0.29) is 0 Å². The van der Waals surface area contributed by atoms with Crippen LogP contribution in [0.25, 0.3) is 0 Å². The number of carbonyl (C=O) groups is 1. The molecule has 0 saturated heterocycles. The zero-order chi connectivity index (χ0) is 11.5. The van der Waals surface area contributed by atoms with Crippen molar-refractivity contribution in [1.29, 1.82) is 0 Å². The molecule has 0 unspecified atom stereocenters. The molecule has 0 aliphatic heterocycles. The second-order valence-corrected chi connectivity index (χ2v) is 4.67. The van der Waals surface area contributed by atoms with Crippen molar-refractivity contribution in [3.8, 4) is 0 Å². The van der Waals surface area contributed by atoms with Crippen LogP contribution in [0.4, 0.5) is 0 Å². The van der Waals surface area contributed by atoms with Gasteiger partial charge in [0.25, 0.3) is 0 Å². The van der Waals surface area contributed by atoms with Crippen molar-refractivity contribution in [3.05, 3.63) is 0 Å². The second-order valence-electron chi connectivity index (χ2n) is 3.88. The van der Waals surface area contributed by atoms with Gasteiger partial charge in [-0.05, 0) is 12.8 Å². The van der Waals surface area contributed by atoms with E-state index in [0.29, 0.717) is 5.91 Å². The molecule has 1 amide bonds. The van der Waals surface area contributed by atoms with E-state index in [0.717, 1.165) is 37.7 Å². The fourth-order valence-corrected chi connectivity index (χ4v) is 2.02. The molecule has 90 valence electrons. The van der Waals surface area contributed by atoms with E-state index in [9.17, 15) is 4.79 Å². The van der Waals surface area contributed by atoms with Crippen LogP contribution in [0, 0.1) is 0 Å². The van der Waals surface area contributed by atoms with Gasteiger partial charge in [-0.15, -0.1) is 0 Å². The molecule has 0 heterocycles. The van der Waals surface area contributed by atoms with Crippen LogP contribution < -0.4 is 0 Å². The third-order valence-corrected chi connectivity index (χ3v) is 2.80. The maximum absolute atomic E-state index is 11.8. The molecule has 0 radical (unpaired) electrons. The van der Waals surface area contributed by atoms with Crippen molar-refractivity contribution < 1.29 is 4.79 Å². The van der Waals surface area contributed by atoms with Gasteiger partial charge >= 0.3 is 0 Å². The molecule has 0 atom stereocenters. The minimum absolute atomic E-state index is 0.326. The van der Waals surface area contributed by atoms with Gasteiger partial charge in [0.1, 0.15) is 0 Å². The Morgan fingerprint density at radius 2 is 1.80 bits per heavy atom. The average Bonchev–Trinajstić information content (AvgIpc) is 2.24. The molecule has 0 aromatic heterocycles. The molecule has 0 saturated carbocycles. The molecule has 0 N–H and O–H groups in total. The molecular weight excluding hydrogens is 254 g/mol. The van der Waals surface area contributed by atoms with Crippen molar-refractivity contribution in [1.82, 2.24) is 4.90 Å². The van der Waals surface area contributed by atoms with Crippen LogP contribution >= 0.6 is 15.9 Å². The van der Waals surface area contributed by atoms with Gasteiger partial charge in [-0.1, -0.05) is 49.0 Å². The van der Waals surface area contributed by atoms with Gasteiger partial charge in [0.2, 0.25) is 5.91 Å². The summed E-state index contributed by atoms with van der Waals surface area (Å²) >= 11 is 3.39. The number of carbonyl (C=O) groups excluding carboxylic acids is 1.